The smallest absolute Gasteiger partial charge is 0.396 e. The van der Waals surface area contributed by atoms with Gasteiger partial charge in [0.1, 0.15) is 5.82 Å². The highest BCUT2D eigenvalue weighted by Gasteiger charge is 2.38. The third-order valence-corrected chi connectivity index (χ3v) is 2.49. The van der Waals surface area contributed by atoms with E-state index in [-0.39, 0.29) is 11.5 Å². The fourth-order valence-corrected chi connectivity index (χ4v) is 1.58. The Morgan fingerprint density at radius 2 is 1.80 bits per heavy atom. The highest BCUT2D eigenvalue weighted by Crippen LogP contribution is 2.46. The molecule has 0 aliphatic heterocycles. The Morgan fingerprint density at radius 1 is 1.20 bits per heavy atom. The third-order valence-electron chi connectivity index (χ3n) is 2.49. The Bertz CT molecular complexity index is 393. The van der Waals surface area contributed by atoms with E-state index in [1.54, 1.807) is 0 Å². The normalized spacial score (nSPS) is 16.8. The molecule has 0 spiro atoms. The van der Waals surface area contributed by atoms with E-state index < -0.39 is 23.2 Å². The van der Waals surface area contributed by atoms with Gasteiger partial charge < -0.3 is 5.73 Å². The maximum Gasteiger partial charge on any atom is 0.416 e. The summed E-state index contributed by atoms with van der Waals surface area (Å²) in [6.07, 6.45) is -3.08. The summed E-state index contributed by atoms with van der Waals surface area (Å²) in [5.41, 5.74) is 3.91. The van der Waals surface area contributed by atoms with Crippen molar-refractivity contribution >= 4 is 5.69 Å². The Labute approximate surface area is 83.9 Å². The van der Waals surface area contributed by atoms with Crippen molar-refractivity contribution in [1.82, 2.24) is 0 Å². The monoisotopic (exact) mass is 219 g/mol. The number of nitrogens with two attached hydrogens (primary N) is 1. The van der Waals surface area contributed by atoms with E-state index in [4.69, 9.17) is 5.73 Å². The average Bonchev–Trinajstić information content (AvgIpc) is 2.89. The van der Waals surface area contributed by atoms with E-state index >= 15 is 0 Å². The summed E-state index contributed by atoms with van der Waals surface area (Å²) < 4.78 is 50.8. The van der Waals surface area contributed by atoms with Crippen LogP contribution in [0.25, 0.3) is 0 Å². The first kappa shape index (κ1) is 10.3. The Balaban J connectivity index is 2.55. The van der Waals surface area contributed by atoms with Crippen molar-refractivity contribution < 1.29 is 17.6 Å². The average molecular weight is 219 g/mol. The molecule has 15 heavy (non-hydrogen) atoms. The molecule has 1 aromatic rings. The molecule has 1 aromatic carbocycles. The minimum Gasteiger partial charge on any atom is -0.396 e. The maximum absolute atomic E-state index is 13.0. The molecule has 82 valence electrons. The molecule has 5 heteroatoms. The van der Waals surface area contributed by atoms with Crippen LogP contribution < -0.4 is 5.73 Å². The molecule has 0 atom stereocenters. The Hall–Kier alpha value is -1.26. The number of nitrogen functional groups attached to an aromatic ring is 1. The van der Waals surface area contributed by atoms with Crippen LogP contribution in [0.4, 0.5) is 23.2 Å². The predicted octanol–water partition coefficient (Wildman–Crippen LogP) is 3.30. The SMILES string of the molecule is Nc1cc(C(F)(F)F)c(C2CC2)cc1F. The van der Waals surface area contributed by atoms with Crippen LogP contribution in [0.2, 0.25) is 0 Å². The molecule has 1 nitrogen and oxygen atoms in total. The summed E-state index contributed by atoms with van der Waals surface area (Å²) in [5, 5.41) is 0. The molecule has 0 bridgehead atoms. The van der Waals surface area contributed by atoms with E-state index in [0.717, 1.165) is 6.07 Å². The number of hydrogen-bond acceptors (Lipinski definition) is 1. The molecule has 2 N–H and O–H groups in total. The molecule has 0 aromatic heterocycles. The molecular formula is C10H9F4N. The molecule has 0 amide bonds. The van der Waals surface area contributed by atoms with Crippen molar-refractivity contribution in [1.29, 1.82) is 0 Å². The zero-order valence-corrected chi connectivity index (χ0v) is 7.74. The molecule has 1 aliphatic rings. The van der Waals surface area contributed by atoms with Gasteiger partial charge in [-0.05, 0) is 36.5 Å². The minimum atomic E-state index is -4.46. The molecule has 1 saturated carbocycles. The zero-order valence-electron chi connectivity index (χ0n) is 7.74. The number of anilines is 1. The molecule has 1 aliphatic carbocycles. The number of hydrogen-bond donors (Lipinski definition) is 1. The first-order chi connectivity index (χ1) is 6.89. The van der Waals surface area contributed by atoms with E-state index in [1.807, 2.05) is 0 Å². The van der Waals surface area contributed by atoms with Crippen molar-refractivity contribution in [3.8, 4) is 0 Å². The lowest BCUT2D eigenvalue weighted by molar-refractivity contribution is -0.138. The van der Waals surface area contributed by atoms with Gasteiger partial charge in [-0.1, -0.05) is 0 Å². The fourth-order valence-electron chi connectivity index (χ4n) is 1.58. The van der Waals surface area contributed by atoms with Crippen molar-refractivity contribution in [2.45, 2.75) is 24.9 Å². The van der Waals surface area contributed by atoms with Gasteiger partial charge in [0.25, 0.3) is 0 Å². The summed E-state index contributed by atoms with van der Waals surface area (Å²) in [4.78, 5) is 0. The number of halogens is 4. The van der Waals surface area contributed by atoms with Gasteiger partial charge in [0.2, 0.25) is 0 Å². The second kappa shape index (κ2) is 3.12. The summed E-state index contributed by atoms with van der Waals surface area (Å²) >= 11 is 0. The van der Waals surface area contributed by atoms with Gasteiger partial charge in [-0.2, -0.15) is 13.2 Å². The Morgan fingerprint density at radius 3 is 2.27 bits per heavy atom. The van der Waals surface area contributed by atoms with Gasteiger partial charge in [-0.3, -0.25) is 0 Å². The Kier molecular flexibility index (Phi) is 2.13. The van der Waals surface area contributed by atoms with E-state index in [0.29, 0.717) is 18.9 Å². The molecule has 1 fully saturated rings. The number of benzene rings is 1. The van der Waals surface area contributed by atoms with Crippen LogP contribution in [-0.2, 0) is 6.18 Å². The van der Waals surface area contributed by atoms with E-state index in [1.165, 1.54) is 0 Å². The summed E-state index contributed by atoms with van der Waals surface area (Å²) in [5.74, 6) is -0.929. The minimum absolute atomic E-state index is 0.0363. The van der Waals surface area contributed by atoms with Crippen LogP contribution in [-0.4, -0.2) is 0 Å². The first-order valence-electron chi connectivity index (χ1n) is 4.55. The third kappa shape index (κ3) is 1.91. The van der Waals surface area contributed by atoms with Gasteiger partial charge in [0.15, 0.2) is 0 Å². The topological polar surface area (TPSA) is 26.0 Å². The number of alkyl halides is 3. The molecule has 0 unspecified atom stereocenters. The van der Waals surface area contributed by atoms with Crippen LogP contribution in [0.5, 0.6) is 0 Å². The second-order valence-electron chi connectivity index (χ2n) is 3.73. The van der Waals surface area contributed by atoms with E-state index in [9.17, 15) is 17.6 Å². The quantitative estimate of drug-likeness (QED) is 0.569. The summed E-state index contributed by atoms with van der Waals surface area (Å²) in [6, 6.07) is 1.60. The van der Waals surface area contributed by atoms with Crippen molar-refractivity contribution in [3.05, 3.63) is 29.1 Å². The molecular weight excluding hydrogens is 210 g/mol. The molecule has 2 rings (SSSR count). The van der Waals surface area contributed by atoms with Crippen LogP contribution in [0, 0.1) is 5.82 Å². The van der Waals surface area contributed by atoms with Gasteiger partial charge in [0.05, 0.1) is 11.3 Å². The van der Waals surface area contributed by atoms with Crippen LogP contribution in [0.3, 0.4) is 0 Å². The van der Waals surface area contributed by atoms with Crippen molar-refractivity contribution in [2.24, 2.45) is 0 Å². The molecule has 0 saturated heterocycles. The van der Waals surface area contributed by atoms with Gasteiger partial charge in [0, 0.05) is 0 Å². The largest absolute Gasteiger partial charge is 0.416 e. The fraction of sp³-hybridized carbons (Fsp3) is 0.400. The molecule has 0 radical (unpaired) electrons. The van der Waals surface area contributed by atoms with Crippen molar-refractivity contribution in [2.75, 3.05) is 5.73 Å². The molecule has 0 heterocycles. The van der Waals surface area contributed by atoms with Crippen LogP contribution >= 0.6 is 0 Å². The van der Waals surface area contributed by atoms with Crippen molar-refractivity contribution in [3.63, 3.8) is 0 Å². The van der Waals surface area contributed by atoms with E-state index in [2.05, 4.69) is 0 Å². The standard InChI is InChI=1S/C10H9F4N/c11-8-3-6(5-1-2-5)7(4-9(8)15)10(12,13)14/h3-5H,1-2,15H2. The zero-order chi connectivity index (χ0) is 11.2. The lowest BCUT2D eigenvalue weighted by Gasteiger charge is -2.13. The van der Waals surface area contributed by atoms with Gasteiger partial charge >= 0.3 is 6.18 Å². The number of rotatable bonds is 1. The highest BCUT2D eigenvalue weighted by molar-refractivity contribution is 5.49. The predicted molar refractivity (Wildman–Crippen MR) is 47.8 cm³/mol. The van der Waals surface area contributed by atoms with Crippen LogP contribution in [0.15, 0.2) is 12.1 Å². The second-order valence-corrected chi connectivity index (χ2v) is 3.73. The highest BCUT2D eigenvalue weighted by atomic mass is 19.4. The first-order valence-corrected chi connectivity index (χ1v) is 4.55. The van der Waals surface area contributed by atoms with Gasteiger partial charge in [-0.25, -0.2) is 4.39 Å². The van der Waals surface area contributed by atoms with Gasteiger partial charge in [-0.15, -0.1) is 0 Å². The summed E-state index contributed by atoms with van der Waals surface area (Å²) in [7, 11) is 0. The summed E-state index contributed by atoms with van der Waals surface area (Å²) in [6.45, 7) is 0. The maximum atomic E-state index is 13.0. The lowest BCUT2D eigenvalue weighted by Crippen LogP contribution is -2.10. The lowest BCUT2D eigenvalue weighted by atomic mass is 10.0. The van der Waals surface area contributed by atoms with Crippen LogP contribution in [0.1, 0.15) is 29.9 Å².